The Bertz CT molecular complexity index is 701. The van der Waals surface area contributed by atoms with E-state index in [9.17, 15) is 19.8 Å². The summed E-state index contributed by atoms with van der Waals surface area (Å²) in [6.45, 7) is 0. The smallest absolute Gasteiger partial charge is 0.194 e. The second-order valence-electron chi connectivity index (χ2n) is 4.02. The first-order valence-corrected chi connectivity index (χ1v) is 5.30. The summed E-state index contributed by atoms with van der Waals surface area (Å²) in [4.78, 5) is 24.3. The number of carbonyl (C=O) groups is 2. The van der Waals surface area contributed by atoms with Crippen molar-refractivity contribution in [2.75, 3.05) is 0 Å². The fourth-order valence-corrected chi connectivity index (χ4v) is 2.14. The van der Waals surface area contributed by atoms with E-state index in [0.717, 1.165) is 6.07 Å². The van der Waals surface area contributed by atoms with E-state index in [1.54, 1.807) is 12.1 Å². The monoisotopic (exact) mass is 238 g/mol. The number of hydrogen-bond acceptors (Lipinski definition) is 4. The SMILES string of the molecule is O=C1c2ccccc2C(=O)c2c1ccc([O-])c2[O-]. The average molecular weight is 238 g/mol. The highest BCUT2D eigenvalue weighted by molar-refractivity contribution is 6.29. The molecular formula is C14H6O4-2. The van der Waals surface area contributed by atoms with Crippen molar-refractivity contribution in [2.45, 2.75) is 0 Å². The lowest BCUT2D eigenvalue weighted by atomic mass is 9.83. The van der Waals surface area contributed by atoms with Crippen LogP contribution in [0.1, 0.15) is 31.8 Å². The Morgan fingerprint density at radius 2 is 1.33 bits per heavy atom. The van der Waals surface area contributed by atoms with Gasteiger partial charge in [-0.1, -0.05) is 36.4 Å². The zero-order chi connectivity index (χ0) is 12.9. The predicted octanol–water partition coefficient (Wildman–Crippen LogP) is 0.609. The molecule has 0 fully saturated rings. The number of hydrogen-bond donors (Lipinski definition) is 0. The van der Waals surface area contributed by atoms with E-state index in [1.807, 2.05) is 0 Å². The summed E-state index contributed by atoms with van der Waals surface area (Å²) < 4.78 is 0. The average Bonchev–Trinajstić information content (AvgIpc) is 2.39. The Morgan fingerprint density at radius 3 is 2.00 bits per heavy atom. The predicted molar refractivity (Wildman–Crippen MR) is 58.6 cm³/mol. The molecule has 0 saturated heterocycles. The standard InChI is InChI=1S/C14H8O4/c15-10-6-5-9-11(14(10)18)13(17)8-4-2-1-3-7(8)12(9)16/h1-6,15,18H/p-2. The number of carbonyl (C=O) groups excluding carboxylic acids is 2. The molecule has 1 aliphatic carbocycles. The van der Waals surface area contributed by atoms with Gasteiger partial charge in [-0.2, -0.15) is 0 Å². The van der Waals surface area contributed by atoms with E-state index >= 15 is 0 Å². The van der Waals surface area contributed by atoms with Gasteiger partial charge in [0, 0.05) is 22.3 Å². The summed E-state index contributed by atoms with van der Waals surface area (Å²) in [5, 5.41) is 23.0. The van der Waals surface area contributed by atoms with Gasteiger partial charge in [-0.3, -0.25) is 9.59 Å². The van der Waals surface area contributed by atoms with E-state index < -0.39 is 23.1 Å². The van der Waals surface area contributed by atoms with Crippen molar-refractivity contribution in [3.8, 4) is 11.5 Å². The van der Waals surface area contributed by atoms with E-state index in [1.165, 1.54) is 18.2 Å². The zero-order valence-electron chi connectivity index (χ0n) is 9.10. The molecule has 0 heterocycles. The molecule has 1 aliphatic rings. The molecule has 3 rings (SSSR count). The second kappa shape index (κ2) is 3.43. The quantitative estimate of drug-likeness (QED) is 0.574. The third-order valence-electron chi connectivity index (χ3n) is 3.01. The van der Waals surface area contributed by atoms with Crippen molar-refractivity contribution in [1.29, 1.82) is 0 Å². The van der Waals surface area contributed by atoms with Gasteiger partial charge in [-0.15, -0.1) is 11.5 Å². The van der Waals surface area contributed by atoms with Gasteiger partial charge in [-0.25, -0.2) is 0 Å². The van der Waals surface area contributed by atoms with Crippen LogP contribution in [0.15, 0.2) is 36.4 Å². The molecule has 4 nitrogen and oxygen atoms in total. The largest absolute Gasteiger partial charge is 0.873 e. The molecule has 88 valence electrons. The van der Waals surface area contributed by atoms with Gasteiger partial charge in [0.2, 0.25) is 0 Å². The van der Waals surface area contributed by atoms with Crippen LogP contribution in [0.25, 0.3) is 0 Å². The molecule has 0 aliphatic heterocycles. The molecule has 0 spiro atoms. The van der Waals surface area contributed by atoms with E-state index in [0.29, 0.717) is 0 Å². The highest BCUT2D eigenvalue weighted by Gasteiger charge is 2.29. The molecule has 0 unspecified atom stereocenters. The van der Waals surface area contributed by atoms with Crippen LogP contribution in [-0.2, 0) is 0 Å². The maximum absolute atomic E-state index is 12.1. The first kappa shape index (κ1) is 10.5. The van der Waals surface area contributed by atoms with Crippen LogP contribution in [0.2, 0.25) is 0 Å². The van der Waals surface area contributed by atoms with Crippen LogP contribution in [0.4, 0.5) is 0 Å². The van der Waals surface area contributed by atoms with Crippen LogP contribution in [0.3, 0.4) is 0 Å². The maximum atomic E-state index is 12.1. The first-order valence-electron chi connectivity index (χ1n) is 5.30. The molecule has 0 N–H and O–H groups in total. The van der Waals surface area contributed by atoms with Crippen LogP contribution in [0.5, 0.6) is 11.5 Å². The van der Waals surface area contributed by atoms with Gasteiger partial charge in [0.25, 0.3) is 0 Å². The van der Waals surface area contributed by atoms with Crippen molar-refractivity contribution in [2.24, 2.45) is 0 Å². The van der Waals surface area contributed by atoms with Crippen molar-refractivity contribution in [3.05, 3.63) is 58.7 Å². The Kier molecular flexibility index (Phi) is 2.01. The van der Waals surface area contributed by atoms with Gasteiger partial charge in [0.05, 0.1) is 0 Å². The molecule has 0 bridgehead atoms. The highest BCUT2D eigenvalue weighted by atomic mass is 16.3. The van der Waals surface area contributed by atoms with Crippen LogP contribution in [0, 0.1) is 0 Å². The minimum atomic E-state index is -0.902. The molecule has 2 aromatic rings. The molecule has 2 aromatic carbocycles. The maximum Gasteiger partial charge on any atom is 0.194 e. The minimum Gasteiger partial charge on any atom is -0.873 e. The lowest BCUT2D eigenvalue weighted by Gasteiger charge is -2.27. The van der Waals surface area contributed by atoms with E-state index in [4.69, 9.17) is 0 Å². The van der Waals surface area contributed by atoms with Crippen LogP contribution >= 0.6 is 0 Å². The number of fused-ring (bicyclic) bond motifs is 2. The summed E-state index contributed by atoms with van der Waals surface area (Å²) in [6, 6.07) is 8.55. The lowest BCUT2D eigenvalue weighted by Crippen LogP contribution is -2.23. The molecule has 4 heteroatoms. The Hall–Kier alpha value is -2.62. The van der Waals surface area contributed by atoms with Gasteiger partial charge in [0.15, 0.2) is 11.6 Å². The summed E-state index contributed by atoms with van der Waals surface area (Å²) in [6.07, 6.45) is 0. The molecule has 0 amide bonds. The topological polar surface area (TPSA) is 80.3 Å². The third kappa shape index (κ3) is 1.20. The number of rotatable bonds is 0. The molecule has 18 heavy (non-hydrogen) atoms. The fourth-order valence-electron chi connectivity index (χ4n) is 2.14. The van der Waals surface area contributed by atoms with Gasteiger partial charge in [0.1, 0.15) is 0 Å². The van der Waals surface area contributed by atoms with Crippen molar-refractivity contribution in [1.82, 2.24) is 0 Å². The minimum absolute atomic E-state index is 0.0169. The van der Waals surface area contributed by atoms with E-state index in [-0.39, 0.29) is 22.3 Å². The van der Waals surface area contributed by atoms with Gasteiger partial charge >= 0.3 is 0 Å². The summed E-state index contributed by atoms with van der Waals surface area (Å²) >= 11 is 0. The molecule has 0 aromatic heterocycles. The second-order valence-corrected chi connectivity index (χ2v) is 4.02. The van der Waals surface area contributed by atoms with Gasteiger partial charge in [-0.05, 0) is 0 Å². The van der Waals surface area contributed by atoms with Gasteiger partial charge < -0.3 is 10.2 Å². The molecule has 0 atom stereocenters. The van der Waals surface area contributed by atoms with Crippen molar-refractivity contribution in [3.63, 3.8) is 0 Å². The Labute approximate surface area is 102 Å². The summed E-state index contributed by atoms with van der Waals surface area (Å²) in [5.74, 6) is -2.62. The van der Waals surface area contributed by atoms with Crippen molar-refractivity contribution >= 4 is 11.6 Å². The lowest BCUT2D eigenvalue weighted by molar-refractivity contribution is -0.317. The first-order chi connectivity index (χ1) is 8.61. The molecular weight excluding hydrogens is 232 g/mol. The number of benzene rings is 2. The Balaban J connectivity index is 2.38. The third-order valence-corrected chi connectivity index (χ3v) is 3.01. The normalized spacial score (nSPS) is 13.1. The Morgan fingerprint density at radius 1 is 0.722 bits per heavy atom. The summed E-state index contributed by atoms with van der Waals surface area (Å²) in [5.41, 5.74) is 0.167. The molecule has 0 radical (unpaired) electrons. The summed E-state index contributed by atoms with van der Waals surface area (Å²) in [7, 11) is 0. The number of ketones is 2. The van der Waals surface area contributed by atoms with Crippen molar-refractivity contribution < 1.29 is 19.8 Å². The zero-order valence-corrected chi connectivity index (χ0v) is 9.10. The molecule has 0 saturated carbocycles. The fraction of sp³-hybridized carbons (Fsp3) is 0. The highest BCUT2D eigenvalue weighted by Crippen LogP contribution is 2.34. The van der Waals surface area contributed by atoms with Crippen LogP contribution in [-0.4, -0.2) is 11.6 Å². The van der Waals surface area contributed by atoms with Crippen LogP contribution < -0.4 is 10.2 Å². The van der Waals surface area contributed by atoms with E-state index in [2.05, 4.69) is 0 Å².